The van der Waals surface area contributed by atoms with Crippen LogP contribution in [-0.2, 0) is 24.4 Å². The van der Waals surface area contributed by atoms with E-state index in [0.717, 1.165) is 32.9 Å². The molecule has 38 heavy (non-hydrogen) atoms. The minimum atomic E-state index is -0.370. The van der Waals surface area contributed by atoms with Crippen molar-refractivity contribution in [1.82, 2.24) is 4.90 Å². The highest BCUT2D eigenvalue weighted by atomic mass is 79.9. The van der Waals surface area contributed by atoms with Crippen molar-refractivity contribution in [2.24, 2.45) is 0 Å². The van der Waals surface area contributed by atoms with E-state index >= 15 is 0 Å². The molecule has 3 aromatic rings. The Bertz CT molecular complexity index is 1410. The number of carbonyl (C=O) groups is 2. The third-order valence-electron chi connectivity index (χ3n) is 5.61. The zero-order chi connectivity index (χ0) is 27.2. The number of ether oxygens (including phenoxy) is 2. The van der Waals surface area contributed by atoms with Gasteiger partial charge in [0.25, 0.3) is 11.1 Å². The van der Waals surface area contributed by atoms with E-state index in [-0.39, 0.29) is 17.7 Å². The molecule has 1 aliphatic heterocycles. The molecule has 0 aliphatic carbocycles. The molecule has 0 aromatic heterocycles. The predicted octanol–water partition coefficient (Wildman–Crippen LogP) is 8.70. The third-order valence-corrected chi connectivity index (χ3v) is 7.79. The fraction of sp³-hybridized carbons (Fsp3) is 0.172. The fourth-order valence-electron chi connectivity index (χ4n) is 3.84. The minimum Gasteiger partial charge on any atom is -0.490 e. The summed E-state index contributed by atoms with van der Waals surface area (Å²) in [7, 11) is 0. The van der Waals surface area contributed by atoms with Gasteiger partial charge in [0.15, 0.2) is 11.5 Å². The normalized spacial score (nSPS) is 14.3. The van der Waals surface area contributed by atoms with Crippen LogP contribution in [0.2, 0.25) is 10.0 Å². The van der Waals surface area contributed by atoms with E-state index in [4.69, 9.17) is 32.7 Å². The first-order valence-corrected chi connectivity index (χ1v) is 14.1. The van der Waals surface area contributed by atoms with E-state index < -0.39 is 0 Å². The summed E-state index contributed by atoms with van der Waals surface area (Å²) in [4.78, 5) is 27.3. The predicted molar refractivity (Wildman–Crippen MR) is 158 cm³/mol. The molecule has 0 unspecified atom stereocenters. The summed E-state index contributed by atoms with van der Waals surface area (Å²) in [6.45, 7) is 6.68. The topological polar surface area (TPSA) is 55.8 Å². The summed E-state index contributed by atoms with van der Waals surface area (Å²) in [6, 6.07) is 16.7. The van der Waals surface area contributed by atoms with Crippen LogP contribution in [-0.4, -0.2) is 22.7 Å². The lowest BCUT2D eigenvalue weighted by Gasteiger charge is -2.17. The van der Waals surface area contributed by atoms with Crippen LogP contribution in [0.1, 0.15) is 29.2 Å². The Balaban J connectivity index is 1.60. The number of thioether (sulfide) groups is 1. The Morgan fingerprint density at radius 3 is 2.42 bits per heavy atom. The monoisotopic (exact) mass is 631 g/mol. The zero-order valence-corrected chi connectivity index (χ0v) is 24.4. The molecule has 9 heteroatoms. The molecule has 4 rings (SSSR count). The van der Waals surface area contributed by atoms with E-state index in [9.17, 15) is 9.59 Å². The lowest BCUT2D eigenvalue weighted by Crippen LogP contribution is -2.27. The average molecular weight is 633 g/mol. The molecule has 0 radical (unpaired) electrons. The molecule has 1 saturated heterocycles. The molecule has 0 saturated carbocycles. The maximum absolute atomic E-state index is 13.1. The van der Waals surface area contributed by atoms with Crippen molar-refractivity contribution in [3.8, 4) is 11.5 Å². The van der Waals surface area contributed by atoms with Crippen molar-refractivity contribution in [1.29, 1.82) is 0 Å². The van der Waals surface area contributed by atoms with Gasteiger partial charge in [-0.3, -0.25) is 14.5 Å². The van der Waals surface area contributed by atoms with Crippen LogP contribution in [0.3, 0.4) is 0 Å². The lowest BCUT2D eigenvalue weighted by atomic mass is 10.0. The SMILES string of the molecule is C=CCc1cc(/C=C2\SC(=O)N(Cc3ccc(Cl)c(Cl)c3)C2=O)cc(OCC)c1OCc1ccc(Br)cc1. The Morgan fingerprint density at radius 1 is 1.00 bits per heavy atom. The van der Waals surface area contributed by atoms with Gasteiger partial charge in [-0.05, 0) is 84.3 Å². The van der Waals surface area contributed by atoms with Gasteiger partial charge < -0.3 is 9.47 Å². The molecule has 3 aromatic carbocycles. The molecule has 0 spiro atoms. The van der Waals surface area contributed by atoms with E-state index in [1.165, 1.54) is 4.90 Å². The second-order valence-corrected chi connectivity index (χ2v) is 11.1. The molecule has 1 aliphatic rings. The van der Waals surface area contributed by atoms with Gasteiger partial charge in [-0.1, -0.05) is 63.4 Å². The molecule has 0 atom stereocenters. The van der Waals surface area contributed by atoms with Gasteiger partial charge in [-0.2, -0.15) is 0 Å². The van der Waals surface area contributed by atoms with Gasteiger partial charge in [0.1, 0.15) is 6.61 Å². The number of hydrogen-bond acceptors (Lipinski definition) is 5. The van der Waals surface area contributed by atoms with Gasteiger partial charge in [0, 0.05) is 10.0 Å². The Kier molecular flexibility index (Phi) is 9.60. The van der Waals surface area contributed by atoms with Crippen molar-refractivity contribution in [2.75, 3.05) is 6.61 Å². The first-order chi connectivity index (χ1) is 18.3. The number of halogens is 3. The molecule has 196 valence electrons. The Hall–Kier alpha value is -2.71. The number of imide groups is 1. The molecule has 0 bridgehead atoms. The van der Waals surface area contributed by atoms with E-state index in [2.05, 4.69) is 22.5 Å². The maximum atomic E-state index is 13.1. The number of hydrogen-bond donors (Lipinski definition) is 0. The number of allylic oxidation sites excluding steroid dienone is 1. The van der Waals surface area contributed by atoms with Crippen molar-refractivity contribution in [3.05, 3.63) is 109 Å². The smallest absolute Gasteiger partial charge is 0.293 e. The van der Waals surface area contributed by atoms with Crippen molar-refractivity contribution in [2.45, 2.75) is 26.5 Å². The summed E-state index contributed by atoms with van der Waals surface area (Å²) in [5.74, 6) is 0.814. The second-order valence-electron chi connectivity index (χ2n) is 8.36. The third kappa shape index (κ3) is 6.83. The van der Waals surface area contributed by atoms with E-state index in [1.807, 2.05) is 43.3 Å². The maximum Gasteiger partial charge on any atom is 0.293 e. The van der Waals surface area contributed by atoms with Gasteiger partial charge in [-0.25, -0.2) is 0 Å². The molecule has 1 heterocycles. The number of carbonyl (C=O) groups excluding carboxylic acids is 2. The highest BCUT2D eigenvalue weighted by Gasteiger charge is 2.35. The molecule has 0 N–H and O–H groups in total. The van der Waals surface area contributed by atoms with Gasteiger partial charge in [-0.15, -0.1) is 6.58 Å². The zero-order valence-electron chi connectivity index (χ0n) is 20.5. The lowest BCUT2D eigenvalue weighted by molar-refractivity contribution is -0.123. The fourth-order valence-corrected chi connectivity index (χ4v) is 5.27. The van der Waals surface area contributed by atoms with Crippen LogP contribution in [0.15, 0.2) is 76.6 Å². The van der Waals surface area contributed by atoms with Crippen LogP contribution < -0.4 is 9.47 Å². The van der Waals surface area contributed by atoms with Crippen molar-refractivity contribution in [3.63, 3.8) is 0 Å². The summed E-state index contributed by atoms with van der Waals surface area (Å²) < 4.78 is 13.1. The standard InChI is InChI=1S/C29H24BrCl2NO4S/c1-3-5-21-12-20(14-25(36-4-2)27(21)37-17-18-6-9-22(30)10-7-18)15-26-28(34)33(29(35)38-26)16-19-8-11-23(31)24(32)13-19/h3,6-15H,1,4-5,16-17H2,2H3/b26-15-. The van der Waals surface area contributed by atoms with Crippen LogP contribution in [0.5, 0.6) is 11.5 Å². The summed E-state index contributed by atoms with van der Waals surface area (Å²) in [5.41, 5.74) is 3.31. The van der Waals surface area contributed by atoms with E-state index in [1.54, 1.807) is 30.4 Å². The minimum absolute atomic E-state index is 0.105. The molecule has 1 fully saturated rings. The van der Waals surface area contributed by atoms with E-state index in [0.29, 0.717) is 51.6 Å². The second kappa shape index (κ2) is 12.9. The summed E-state index contributed by atoms with van der Waals surface area (Å²) in [5, 5.41) is 0.430. The Labute approximate surface area is 244 Å². The van der Waals surface area contributed by atoms with Gasteiger partial charge in [0.05, 0.1) is 28.1 Å². The average Bonchev–Trinajstić information content (AvgIpc) is 3.14. The van der Waals surface area contributed by atoms with Crippen LogP contribution >= 0.6 is 50.9 Å². The molecular weight excluding hydrogens is 609 g/mol. The van der Waals surface area contributed by atoms with Crippen LogP contribution in [0.25, 0.3) is 6.08 Å². The van der Waals surface area contributed by atoms with Crippen LogP contribution in [0, 0.1) is 0 Å². The first kappa shape index (κ1) is 28.3. The van der Waals surface area contributed by atoms with Crippen LogP contribution in [0.4, 0.5) is 4.79 Å². The number of benzene rings is 3. The van der Waals surface area contributed by atoms with Crippen molar-refractivity contribution < 1.29 is 19.1 Å². The highest BCUT2D eigenvalue weighted by molar-refractivity contribution is 9.10. The van der Waals surface area contributed by atoms with Gasteiger partial charge in [0.2, 0.25) is 0 Å². The summed E-state index contributed by atoms with van der Waals surface area (Å²) >= 11 is 16.4. The molecule has 5 nitrogen and oxygen atoms in total. The number of amides is 2. The summed E-state index contributed by atoms with van der Waals surface area (Å²) in [6.07, 6.45) is 4.02. The van der Waals surface area contributed by atoms with Gasteiger partial charge >= 0.3 is 0 Å². The molecule has 2 amide bonds. The number of rotatable bonds is 10. The quantitative estimate of drug-likeness (QED) is 0.165. The highest BCUT2D eigenvalue weighted by Crippen LogP contribution is 2.38. The van der Waals surface area contributed by atoms with Crippen molar-refractivity contribution >= 4 is 68.1 Å². The molecular formula is C29H24BrCl2NO4S. The number of nitrogens with zero attached hydrogens (tertiary/aromatic N) is 1. The Morgan fingerprint density at radius 2 is 1.74 bits per heavy atom. The largest absolute Gasteiger partial charge is 0.490 e. The first-order valence-electron chi connectivity index (χ1n) is 11.8.